The summed E-state index contributed by atoms with van der Waals surface area (Å²) in [6.07, 6.45) is 7.43. The second-order valence-corrected chi connectivity index (χ2v) is 7.55. The topological polar surface area (TPSA) is 250 Å². The van der Waals surface area contributed by atoms with Gasteiger partial charge in [0.2, 0.25) is 0 Å². The fourth-order valence-electron chi connectivity index (χ4n) is 2.48. The van der Waals surface area contributed by atoms with Gasteiger partial charge < -0.3 is 46.0 Å². The first kappa shape index (κ1) is 38.9. The average molecular weight is 706 g/mol. The van der Waals surface area contributed by atoms with Crippen molar-refractivity contribution >= 4 is 0 Å². The molecule has 216 valence electrons. The average Bonchev–Trinajstić information content (AvgIpc) is 2.86. The quantitative estimate of drug-likeness (QED) is 0.201. The van der Waals surface area contributed by atoms with Crippen LogP contribution in [0.15, 0.2) is 73.3 Å². The fraction of sp³-hybridized carbons (Fsp3) is 0.167. The fourth-order valence-corrected chi connectivity index (χ4v) is 2.48. The van der Waals surface area contributed by atoms with Gasteiger partial charge in [-0.1, -0.05) is 24.3 Å². The molecule has 17 heteroatoms. The van der Waals surface area contributed by atoms with Gasteiger partial charge in [0, 0.05) is 24.8 Å². The van der Waals surface area contributed by atoms with Gasteiger partial charge in [-0.2, -0.15) is 0 Å². The molecule has 0 aliphatic heterocycles. The van der Waals surface area contributed by atoms with Crippen LogP contribution in [0.5, 0.6) is 0 Å². The van der Waals surface area contributed by atoms with Crippen LogP contribution < -0.4 is 0 Å². The Morgan fingerprint density at radius 2 is 0.561 bits per heavy atom. The second-order valence-electron chi connectivity index (χ2n) is 7.55. The molecule has 0 N–H and O–H groups in total. The Bertz CT molecular complexity index is 1110. The predicted octanol–water partition coefficient (Wildman–Crippen LogP) is 4.80. The van der Waals surface area contributed by atoms with Crippen molar-refractivity contribution in [1.29, 1.82) is 0 Å². The number of hydrogen-bond acceptors (Lipinski definition) is 13. The molecule has 0 radical (unpaired) electrons. The van der Waals surface area contributed by atoms with Crippen molar-refractivity contribution < 1.29 is 64.6 Å². The number of rotatable bonds is 2. The van der Waals surface area contributed by atoms with Crippen LogP contribution in [0.2, 0.25) is 0 Å². The van der Waals surface area contributed by atoms with Gasteiger partial charge in [0.1, 0.15) is 0 Å². The molecule has 4 aromatic heterocycles. The van der Waals surface area contributed by atoms with Crippen LogP contribution in [0.1, 0.15) is 22.3 Å². The van der Waals surface area contributed by atoms with E-state index in [4.69, 9.17) is 46.0 Å². The van der Waals surface area contributed by atoms with E-state index in [1.165, 1.54) is 22.3 Å². The Morgan fingerprint density at radius 3 is 0.659 bits per heavy atom. The largest absolute Gasteiger partial charge is 3.00 e. The van der Waals surface area contributed by atoms with E-state index < -0.39 is 15.3 Å². The minimum absolute atomic E-state index is 0. The van der Waals surface area contributed by atoms with Crippen LogP contribution in [-0.4, -0.2) is 35.2 Å². The number of pyridine rings is 4. The SMILES string of the molecule is Cc1ccc(-c2ccc(C)cn2)nc1.Cc1ccc(-c2ccc(C)cn2)nc1.O=[N+]([O-])[O-].O=[N+]([O-])[O-].O=[N+]([O-])[O-].[Eu+3]. The van der Waals surface area contributed by atoms with E-state index in [9.17, 15) is 0 Å². The van der Waals surface area contributed by atoms with Gasteiger partial charge in [-0.25, -0.2) is 0 Å². The minimum Gasteiger partial charge on any atom is -0.356 e. The van der Waals surface area contributed by atoms with E-state index in [0.29, 0.717) is 0 Å². The Hall–Kier alpha value is -4.22. The summed E-state index contributed by atoms with van der Waals surface area (Å²) in [6.45, 7) is 8.11. The molecule has 4 aromatic rings. The van der Waals surface area contributed by atoms with E-state index in [2.05, 4.69) is 19.9 Å². The number of aromatic nitrogens is 4. The molecule has 0 saturated carbocycles. The summed E-state index contributed by atoms with van der Waals surface area (Å²) in [4.78, 5) is 42.0. The maximum absolute atomic E-state index is 8.25. The number of nitrogens with zero attached hydrogens (tertiary/aromatic N) is 7. The van der Waals surface area contributed by atoms with Crippen LogP contribution in [0.25, 0.3) is 22.8 Å². The van der Waals surface area contributed by atoms with Gasteiger partial charge in [-0.15, -0.1) is 0 Å². The van der Waals surface area contributed by atoms with Crippen LogP contribution >= 0.6 is 0 Å². The molecule has 0 spiro atoms. The van der Waals surface area contributed by atoms with Crippen molar-refractivity contribution in [3.05, 3.63) is 142 Å². The second kappa shape index (κ2) is 21.6. The molecule has 0 bridgehead atoms. The molecule has 4 rings (SSSR count). The summed E-state index contributed by atoms with van der Waals surface area (Å²) < 4.78 is 0. The molecule has 4 heterocycles. The maximum Gasteiger partial charge on any atom is 3.00 e. The van der Waals surface area contributed by atoms with Crippen molar-refractivity contribution in [3.63, 3.8) is 0 Å². The first-order valence-electron chi connectivity index (χ1n) is 10.9. The van der Waals surface area contributed by atoms with Crippen LogP contribution in [-0.2, 0) is 0 Å². The van der Waals surface area contributed by atoms with E-state index in [0.717, 1.165) is 22.8 Å². The molecule has 0 saturated heterocycles. The summed E-state index contributed by atoms with van der Waals surface area (Å²) in [5.74, 6) is 0. The molecule has 0 aliphatic rings. The first-order valence-corrected chi connectivity index (χ1v) is 10.9. The minimum atomic E-state index is -1.75. The summed E-state index contributed by atoms with van der Waals surface area (Å²) in [5, 5.41) is 44.2. The van der Waals surface area contributed by atoms with Gasteiger partial charge in [-0.05, 0) is 74.2 Å². The zero-order chi connectivity index (χ0) is 30.7. The van der Waals surface area contributed by atoms with Crippen LogP contribution in [0, 0.1) is 123 Å². The number of aryl methyl sites for hydroxylation is 4. The first-order chi connectivity index (χ1) is 18.7. The van der Waals surface area contributed by atoms with Gasteiger partial charge in [-0.3, -0.25) is 19.9 Å². The third kappa shape index (κ3) is 21.3. The zero-order valence-corrected chi connectivity index (χ0v) is 24.5. The van der Waals surface area contributed by atoms with Gasteiger partial charge in [0.15, 0.2) is 0 Å². The van der Waals surface area contributed by atoms with Crippen molar-refractivity contribution in [2.24, 2.45) is 0 Å². The standard InChI is InChI=1S/2C12H12N2.Eu.3NO3/c2*1-9-3-5-11(13-7-9)12-6-4-10(2)8-14-12;;3*2-1(3)4/h2*3-8H,1-2H3;;;;/q;;+3;3*-1. The predicted molar refractivity (Wildman–Crippen MR) is 145 cm³/mol. The molecular formula is C24H24EuN7O9. The molecule has 0 fully saturated rings. The Labute approximate surface area is 274 Å². The van der Waals surface area contributed by atoms with Crippen molar-refractivity contribution in [2.75, 3.05) is 0 Å². The Morgan fingerprint density at radius 1 is 0.415 bits per heavy atom. The molecule has 0 aliphatic carbocycles. The van der Waals surface area contributed by atoms with E-state index in [1.54, 1.807) is 0 Å². The molecule has 0 aromatic carbocycles. The molecule has 41 heavy (non-hydrogen) atoms. The Kier molecular flexibility index (Phi) is 20.5. The Balaban J connectivity index is 0. The monoisotopic (exact) mass is 707 g/mol. The molecule has 16 nitrogen and oxygen atoms in total. The molecule has 0 atom stereocenters. The summed E-state index contributed by atoms with van der Waals surface area (Å²) in [7, 11) is 0. The van der Waals surface area contributed by atoms with Gasteiger partial charge in [0.05, 0.1) is 38.0 Å². The summed E-state index contributed by atoms with van der Waals surface area (Å²) in [5.41, 5.74) is 8.38. The normalized spacial score (nSPS) is 8.68. The van der Waals surface area contributed by atoms with Crippen molar-refractivity contribution in [3.8, 4) is 22.8 Å². The smallest absolute Gasteiger partial charge is 0.356 e. The van der Waals surface area contributed by atoms with Crippen molar-refractivity contribution in [2.45, 2.75) is 27.7 Å². The van der Waals surface area contributed by atoms with E-state index in [1.807, 2.05) is 101 Å². The third-order valence-corrected chi connectivity index (χ3v) is 4.17. The summed E-state index contributed by atoms with van der Waals surface area (Å²) in [6, 6.07) is 16.2. The van der Waals surface area contributed by atoms with Gasteiger partial charge >= 0.3 is 49.4 Å². The molecular weight excluding hydrogens is 682 g/mol. The van der Waals surface area contributed by atoms with Crippen LogP contribution in [0.4, 0.5) is 0 Å². The molecule has 0 unspecified atom stereocenters. The van der Waals surface area contributed by atoms with E-state index in [-0.39, 0.29) is 49.4 Å². The van der Waals surface area contributed by atoms with Gasteiger partial charge in [0.25, 0.3) is 0 Å². The molecule has 0 amide bonds. The number of hydrogen-bond donors (Lipinski definition) is 0. The van der Waals surface area contributed by atoms with Crippen molar-refractivity contribution in [1.82, 2.24) is 19.9 Å². The van der Waals surface area contributed by atoms with Crippen LogP contribution in [0.3, 0.4) is 0 Å². The maximum atomic E-state index is 8.25. The summed E-state index contributed by atoms with van der Waals surface area (Å²) >= 11 is 0. The third-order valence-electron chi connectivity index (χ3n) is 4.17. The van der Waals surface area contributed by atoms with E-state index >= 15 is 0 Å². The zero-order valence-electron chi connectivity index (χ0n) is 22.1.